The Morgan fingerprint density at radius 1 is 1.28 bits per heavy atom. The van der Waals surface area contributed by atoms with Crippen molar-refractivity contribution in [2.45, 2.75) is 19.0 Å². The Morgan fingerprint density at radius 3 is 2.56 bits per heavy atom. The molecule has 25 heavy (non-hydrogen) atoms. The fourth-order valence-corrected chi connectivity index (χ4v) is 2.48. The lowest BCUT2D eigenvalue weighted by Crippen LogP contribution is -2.39. The molecule has 0 spiro atoms. The van der Waals surface area contributed by atoms with Crippen molar-refractivity contribution in [3.63, 3.8) is 0 Å². The first-order chi connectivity index (χ1) is 11.7. The molecule has 0 bridgehead atoms. The lowest BCUT2D eigenvalue weighted by Gasteiger charge is -2.31. The van der Waals surface area contributed by atoms with Gasteiger partial charge < -0.3 is 20.1 Å². The number of rotatable bonds is 2. The topological polar surface area (TPSA) is 119 Å². The number of anilines is 1. The normalized spacial score (nSPS) is 17.7. The molecule has 0 radical (unpaired) electrons. The number of fused-ring (bicyclic) bond motifs is 1. The lowest BCUT2D eigenvalue weighted by atomic mass is 9.98. The summed E-state index contributed by atoms with van der Waals surface area (Å²) in [6.07, 6.45) is -0.125. The number of aromatic nitrogens is 3. The van der Waals surface area contributed by atoms with E-state index in [0.29, 0.717) is 6.54 Å². The maximum absolute atomic E-state index is 11.1. The molecule has 11 heteroatoms. The molecule has 0 aliphatic carbocycles. The molecule has 1 fully saturated rings. The van der Waals surface area contributed by atoms with Crippen LogP contribution in [0.5, 0.6) is 0 Å². The zero-order valence-electron chi connectivity index (χ0n) is 12.8. The molecular weight excluding hydrogens is 345 g/mol. The minimum Gasteiger partial charge on any atom is -0.481 e. The second kappa shape index (κ2) is 7.36. The highest BCUT2D eigenvalue weighted by Gasteiger charge is 2.38. The summed E-state index contributed by atoms with van der Waals surface area (Å²) in [5.74, 6) is -2.96. The molecule has 1 atom stereocenters. The van der Waals surface area contributed by atoms with Crippen molar-refractivity contribution in [3.05, 3.63) is 18.6 Å². The molecule has 3 rings (SSSR count). The van der Waals surface area contributed by atoms with Crippen LogP contribution in [0.1, 0.15) is 12.8 Å². The summed E-state index contributed by atoms with van der Waals surface area (Å²) in [7, 11) is 0. The number of halogens is 3. The number of nitrogens with zero attached hydrogens (tertiary/aromatic N) is 3. The predicted molar refractivity (Wildman–Crippen MR) is 80.2 cm³/mol. The van der Waals surface area contributed by atoms with Crippen molar-refractivity contribution in [1.82, 2.24) is 15.0 Å². The second-order valence-corrected chi connectivity index (χ2v) is 5.36. The molecule has 0 unspecified atom stereocenters. The summed E-state index contributed by atoms with van der Waals surface area (Å²) in [6, 6.07) is 1.93. The molecule has 1 aliphatic heterocycles. The van der Waals surface area contributed by atoms with Gasteiger partial charge in [-0.2, -0.15) is 13.2 Å². The maximum atomic E-state index is 11.1. The molecule has 2 aromatic rings. The molecule has 3 heterocycles. The average molecular weight is 360 g/mol. The highest BCUT2D eigenvalue weighted by atomic mass is 19.4. The number of aromatic amines is 1. The van der Waals surface area contributed by atoms with Crippen molar-refractivity contribution in [2.24, 2.45) is 5.92 Å². The van der Waals surface area contributed by atoms with Crippen LogP contribution < -0.4 is 4.90 Å². The van der Waals surface area contributed by atoms with Crippen LogP contribution in [0.4, 0.5) is 19.0 Å². The van der Waals surface area contributed by atoms with Crippen LogP contribution in [-0.2, 0) is 9.59 Å². The summed E-state index contributed by atoms with van der Waals surface area (Å²) in [4.78, 5) is 33.5. The van der Waals surface area contributed by atoms with E-state index in [1.54, 1.807) is 0 Å². The van der Waals surface area contributed by atoms with Crippen LogP contribution in [0, 0.1) is 5.92 Å². The van der Waals surface area contributed by atoms with Crippen LogP contribution in [-0.4, -0.2) is 56.4 Å². The Morgan fingerprint density at radius 2 is 1.96 bits per heavy atom. The Labute approximate surface area is 139 Å². The van der Waals surface area contributed by atoms with Crippen LogP contribution in [0.3, 0.4) is 0 Å². The zero-order valence-corrected chi connectivity index (χ0v) is 12.8. The van der Waals surface area contributed by atoms with E-state index < -0.39 is 18.1 Å². The van der Waals surface area contributed by atoms with E-state index in [1.807, 2.05) is 17.2 Å². The fraction of sp³-hybridized carbons (Fsp3) is 0.429. The lowest BCUT2D eigenvalue weighted by molar-refractivity contribution is -0.192. The fourth-order valence-electron chi connectivity index (χ4n) is 2.48. The number of hydrogen-bond donors (Lipinski definition) is 3. The molecule has 0 amide bonds. The van der Waals surface area contributed by atoms with Gasteiger partial charge in [-0.05, 0) is 18.9 Å². The van der Waals surface area contributed by atoms with Crippen molar-refractivity contribution < 1.29 is 33.0 Å². The van der Waals surface area contributed by atoms with Gasteiger partial charge in [-0.3, -0.25) is 4.79 Å². The highest BCUT2D eigenvalue weighted by molar-refractivity contribution is 5.87. The third kappa shape index (κ3) is 4.58. The summed E-state index contributed by atoms with van der Waals surface area (Å²) >= 11 is 0. The van der Waals surface area contributed by atoms with Gasteiger partial charge >= 0.3 is 18.1 Å². The van der Waals surface area contributed by atoms with Crippen LogP contribution in [0.25, 0.3) is 11.0 Å². The highest BCUT2D eigenvalue weighted by Crippen LogP contribution is 2.26. The predicted octanol–water partition coefficient (Wildman–Crippen LogP) is 1.89. The number of carbonyl (C=O) groups is 2. The monoisotopic (exact) mass is 360 g/mol. The zero-order chi connectivity index (χ0) is 18.6. The van der Waals surface area contributed by atoms with Crippen LogP contribution in [0.15, 0.2) is 18.6 Å². The van der Waals surface area contributed by atoms with E-state index >= 15 is 0 Å². The smallest absolute Gasteiger partial charge is 0.481 e. The van der Waals surface area contributed by atoms with E-state index in [4.69, 9.17) is 15.0 Å². The number of H-pyrrole nitrogens is 1. The Balaban J connectivity index is 0.000000277. The molecule has 0 saturated carbocycles. The van der Waals surface area contributed by atoms with Crippen LogP contribution >= 0.6 is 0 Å². The number of aliphatic carboxylic acids is 2. The van der Waals surface area contributed by atoms with Gasteiger partial charge in [-0.15, -0.1) is 0 Å². The first-order valence-corrected chi connectivity index (χ1v) is 7.26. The SMILES string of the molecule is O=C(O)C(F)(F)F.O=C(O)[C@@H]1CCCN(c2ncnc3[nH]ccc23)C1. The maximum Gasteiger partial charge on any atom is 0.490 e. The number of carboxylic acids is 2. The first kappa shape index (κ1) is 18.5. The van der Waals surface area contributed by atoms with Gasteiger partial charge in [0.25, 0.3) is 0 Å². The average Bonchev–Trinajstić information content (AvgIpc) is 3.03. The van der Waals surface area contributed by atoms with Gasteiger partial charge in [0.1, 0.15) is 17.8 Å². The summed E-state index contributed by atoms with van der Waals surface area (Å²) in [6.45, 7) is 1.37. The standard InChI is InChI=1S/C12H14N4O2.C2HF3O2/c17-12(18)8-2-1-5-16(6-8)11-9-3-4-13-10(9)14-7-15-11;3-2(4,5)1(6)7/h3-4,7-8H,1-2,5-6H2,(H,17,18)(H,13,14,15);(H,6,7)/t8-;/m1./s1. The quantitative estimate of drug-likeness (QED) is 0.748. The van der Waals surface area contributed by atoms with E-state index in [1.165, 1.54) is 6.33 Å². The van der Waals surface area contributed by atoms with Crippen molar-refractivity contribution in [3.8, 4) is 0 Å². The number of carboxylic acid groups (broad SMARTS) is 2. The number of alkyl halides is 3. The number of nitrogens with one attached hydrogen (secondary N) is 1. The molecule has 1 saturated heterocycles. The number of hydrogen-bond acceptors (Lipinski definition) is 5. The molecule has 2 aromatic heterocycles. The van der Waals surface area contributed by atoms with Crippen molar-refractivity contribution in [2.75, 3.05) is 18.0 Å². The summed E-state index contributed by atoms with van der Waals surface area (Å²) < 4.78 is 31.7. The van der Waals surface area contributed by atoms with E-state index in [2.05, 4.69) is 15.0 Å². The molecule has 1 aliphatic rings. The van der Waals surface area contributed by atoms with E-state index in [0.717, 1.165) is 36.2 Å². The van der Waals surface area contributed by atoms with Gasteiger partial charge in [-0.25, -0.2) is 14.8 Å². The van der Waals surface area contributed by atoms with Gasteiger partial charge in [0.2, 0.25) is 0 Å². The van der Waals surface area contributed by atoms with Crippen LogP contribution in [0.2, 0.25) is 0 Å². The molecule has 3 N–H and O–H groups in total. The van der Waals surface area contributed by atoms with Gasteiger partial charge in [0.15, 0.2) is 0 Å². The Bertz CT molecular complexity index is 762. The Kier molecular flexibility index (Phi) is 5.45. The largest absolute Gasteiger partial charge is 0.490 e. The van der Waals surface area contributed by atoms with Gasteiger partial charge in [0.05, 0.1) is 11.3 Å². The molecule has 0 aromatic carbocycles. The molecule has 136 valence electrons. The minimum absolute atomic E-state index is 0.303. The van der Waals surface area contributed by atoms with Crippen molar-refractivity contribution in [1.29, 1.82) is 0 Å². The summed E-state index contributed by atoms with van der Waals surface area (Å²) in [5.41, 5.74) is 0.789. The van der Waals surface area contributed by atoms with Crippen molar-refractivity contribution >= 4 is 28.8 Å². The molecular formula is C14H15F3N4O4. The van der Waals surface area contributed by atoms with E-state index in [9.17, 15) is 18.0 Å². The van der Waals surface area contributed by atoms with Gasteiger partial charge in [-0.1, -0.05) is 0 Å². The molecule has 8 nitrogen and oxygen atoms in total. The third-order valence-corrected chi connectivity index (χ3v) is 3.65. The van der Waals surface area contributed by atoms with E-state index in [-0.39, 0.29) is 5.92 Å². The summed E-state index contributed by atoms with van der Waals surface area (Å²) in [5, 5.41) is 17.2. The first-order valence-electron chi connectivity index (χ1n) is 7.26. The third-order valence-electron chi connectivity index (χ3n) is 3.65. The van der Waals surface area contributed by atoms with Gasteiger partial charge in [0, 0.05) is 19.3 Å². The minimum atomic E-state index is -5.08. The number of piperidine rings is 1. The second-order valence-electron chi connectivity index (χ2n) is 5.36. The Hall–Kier alpha value is -2.85.